The predicted octanol–water partition coefficient (Wildman–Crippen LogP) is 0.806. The first kappa shape index (κ1) is 12.3. The van der Waals surface area contributed by atoms with E-state index in [1.54, 1.807) is 0 Å². The van der Waals surface area contributed by atoms with Crippen molar-refractivity contribution in [3.8, 4) is 0 Å². The molecule has 0 aromatic rings. The van der Waals surface area contributed by atoms with Crippen LogP contribution in [0.2, 0.25) is 0 Å². The van der Waals surface area contributed by atoms with E-state index in [0.717, 1.165) is 52.2 Å². The summed E-state index contributed by atoms with van der Waals surface area (Å²) in [6.07, 6.45) is 4.12. The highest BCUT2D eigenvalue weighted by molar-refractivity contribution is 4.74. The fourth-order valence-corrected chi connectivity index (χ4v) is 2.36. The van der Waals surface area contributed by atoms with Crippen molar-refractivity contribution < 1.29 is 14.2 Å². The molecule has 2 rings (SSSR count). The molecule has 0 aromatic heterocycles. The Morgan fingerprint density at radius 2 is 2.06 bits per heavy atom. The van der Waals surface area contributed by atoms with Crippen LogP contribution in [0.3, 0.4) is 0 Å². The lowest BCUT2D eigenvalue weighted by atomic mass is 10.1. The zero-order valence-corrected chi connectivity index (χ0v) is 10.1. The second-order valence-electron chi connectivity index (χ2n) is 4.78. The van der Waals surface area contributed by atoms with E-state index in [-0.39, 0.29) is 0 Å². The van der Waals surface area contributed by atoms with Gasteiger partial charge < -0.3 is 19.5 Å². The third-order valence-electron chi connectivity index (χ3n) is 3.31. The molecule has 2 saturated heterocycles. The molecule has 0 radical (unpaired) electrons. The van der Waals surface area contributed by atoms with Crippen LogP contribution in [-0.2, 0) is 14.2 Å². The molecule has 0 saturated carbocycles. The maximum Gasteiger partial charge on any atom is 0.0813 e. The molecular formula is C12H23NO3. The third kappa shape index (κ3) is 3.70. The van der Waals surface area contributed by atoms with Crippen LogP contribution in [0.25, 0.3) is 0 Å². The Morgan fingerprint density at radius 3 is 2.81 bits per heavy atom. The lowest BCUT2D eigenvalue weighted by molar-refractivity contribution is -0.0221. The molecule has 0 bridgehead atoms. The summed E-state index contributed by atoms with van der Waals surface area (Å²) in [7, 11) is 1.97. The number of ether oxygens (including phenoxy) is 3. The maximum atomic E-state index is 5.85. The van der Waals surface area contributed by atoms with Gasteiger partial charge >= 0.3 is 0 Å². The minimum Gasteiger partial charge on any atom is -0.381 e. The lowest BCUT2D eigenvalue weighted by Gasteiger charge is -2.15. The third-order valence-corrected chi connectivity index (χ3v) is 3.31. The molecule has 0 spiro atoms. The topological polar surface area (TPSA) is 39.7 Å². The van der Waals surface area contributed by atoms with Crippen molar-refractivity contribution in [1.29, 1.82) is 0 Å². The molecule has 0 aromatic carbocycles. The van der Waals surface area contributed by atoms with Crippen LogP contribution in [0.4, 0.5) is 0 Å². The fraction of sp³-hybridized carbons (Fsp3) is 1.00. The molecule has 3 atom stereocenters. The molecule has 2 aliphatic rings. The van der Waals surface area contributed by atoms with Crippen molar-refractivity contribution in [1.82, 2.24) is 5.32 Å². The summed E-state index contributed by atoms with van der Waals surface area (Å²) in [5, 5.41) is 3.15. The van der Waals surface area contributed by atoms with Gasteiger partial charge in [0.2, 0.25) is 0 Å². The van der Waals surface area contributed by atoms with Crippen molar-refractivity contribution in [2.24, 2.45) is 5.92 Å². The van der Waals surface area contributed by atoms with Crippen molar-refractivity contribution >= 4 is 0 Å². The van der Waals surface area contributed by atoms with E-state index in [2.05, 4.69) is 5.32 Å². The number of rotatable bonds is 6. The first-order valence-electron chi connectivity index (χ1n) is 6.34. The average Bonchev–Trinajstić information content (AvgIpc) is 2.90. The highest BCUT2D eigenvalue weighted by Gasteiger charge is 2.25. The molecule has 2 heterocycles. The molecule has 4 nitrogen and oxygen atoms in total. The molecule has 1 N–H and O–H groups in total. The molecule has 16 heavy (non-hydrogen) atoms. The van der Waals surface area contributed by atoms with Crippen LogP contribution < -0.4 is 5.32 Å². The van der Waals surface area contributed by atoms with Gasteiger partial charge in [-0.3, -0.25) is 0 Å². The van der Waals surface area contributed by atoms with Gasteiger partial charge in [-0.15, -0.1) is 0 Å². The Bertz CT molecular complexity index is 195. The van der Waals surface area contributed by atoms with Gasteiger partial charge in [-0.05, 0) is 26.3 Å². The van der Waals surface area contributed by atoms with Crippen molar-refractivity contribution in [2.75, 3.05) is 40.0 Å². The zero-order chi connectivity index (χ0) is 11.2. The van der Waals surface area contributed by atoms with Gasteiger partial charge in [0.15, 0.2) is 0 Å². The number of hydrogen-bond donors (Lipinski definition) is 1. The highest BCUT2D eigenvalue weighted by Crippen LogP contribution is 2.20. The maximum absolute atomic E-state index is 5.85. The van der Waals surface area contributed by atoms with E-state index in [9.17, 15) is 0 Å². The summed E-state index contributed by atoms with van der Waals surface area (Å²) in [6, 6.07) is 0. The average molecular weight is 229 g/mol. The molecule has 2 aliphatic heterocycles. The summed E-state index contributed by atoms with van der Waals surface area (Å²) in [5.41, 5.74) is 0. The van der Waals surface area contributed by atoms with Crippen molar-refractivity contribution in [3.05, 3.63) is 0 Å². The summed E-state index contributed by atoms with van der Waals surface area (Å²) in [5.74, 6) is 0.606. The molecule has 94 valence electrons. The van der Waals surface area contributed by atoms with Gasteiger partial charge in [0.25, 0.3) is 0 Å². The molecule has 0 amide bonds. The number of likely N-dealkylation sites (N-methyl/N-ethyl adjacent to an activating group) is 1. The first-order valence-corrected chi connectivity index (χ1v) is 6.34. The van der Waals surface area contributed by atoms with Crippen molar-refractivity contribution in [2.45, 2.75) is 31.5 Å². The molecule has 2 fully saturated rings. The largest absolute Gasteiger partial charge is 0.381 e. The monoisotopic (exact) mass is 229 g/mol. The number of nitrogens with one attached hydrogen (secondary N) is 1. The summed E-state index contributed by atoms with van der Waals surface area (Å²) >= 11 is 0. The van der Waals surface area contributed by atoms with Crippen LogP contribution in [0, 0.1) is 5.92 Å². The zero-order valence-electron chi connectivity index (χ0n) is 10.1. The summed E-state index contributed by atoms with van der Waals surface area (Å²) in [4.78, 5) is 0. The van der Waals surface area contributed by atoms with E-state index in [0.29, 0.717) is 18.1 Å². The molecule has 3 unspecified atom stereocenters. The lowest BCUT2D eigenvalue weighted by Crippen LogP contribution is -2.25. The van der Waals surface area contributed by atoms with Gasteiger partial charge in [0, 0.05) is 19.1 Å². The summed E-state index contributed by atoms with van der Waals surface area (Å²) in [6.45, 7) is 4.30. The first-order chi connectivity index (χ1) is 7.88. The Hall–Kier alpha value is -0.160. The van der Waals surface area contributed by atoms with E-state index in [1.165, 1.54) is 0 Å². The van der Waals surface area contributed by atoms with Gasteiger partial charge in [-0.25, -0.2) is 0 Å². The van der Waals surface area contributed by atoms with Gasteiger partial charge in [-0.1, -0.05) is 0 Å². The standard InChI is InChI=1S/C12H23NO3/c1-13-6-11-2-3-12(16-11)9-15-8-10-4-5-14-7-10/h10-13H,2-9H2,1H3. The molecular weight excluding hydrogens is 206 g/mol. The van der Waals surface area contributed by atoms with Crippen LogP contribution in [-0.4, -0.2) is 52.2 Å². The van der Waals surface area contributed by atoms with Gasteiger partial charge in [0.1, 0.15) is 0 Å². The normalized spacial score (nSPS) is 34.7. The van der Waals surface area contributed by atoms with E-state index < -0.39 is 0 Å². The molecule has 4 heteroatoms. The Morgan fingerprint density at radius 1 is 1.19 bits per heavy atom. The van der Waals surface area contributed by atoms with Crippen molar-refractivity contribution in [3.63, 3.8) is 0 Å². The molecule has 0 aliphatic carbocycles. The SMILES string of the molecule is CNCC1CCC(COCC2CCOC2)O1. The van der Waals surface area contributed by atoms with E-state index in [4.69, 9.17) is 14.2 Å². The minimum absolute atomic E-state index is 0.306. The van der Waals surface area contributed by atoms with Crippen LogP contribution in [0.15, 0.2) is 0 Å². The second kappa shape index (κ2) is 6.55. The Balaban J connectivity index is 1.53. The van der Waals surface area contributed by atoms with E-state index >= 15 is 0 Å². The minimum atomic E-state index is 0.306. The van der Waals surface area contributed by atoms with E-state index in [1.807, 2.05) is 7.05 Å². The smallest absolute Gasteiger partial charge is 0.0813 e. The van der Waals surface area contributed by atoms with Gasteiger partial charge in [-0.2, -0.15) is 0 Å². The summed E-state index contributed by atoms with van der Waals surface area (Å²) < 4.78 is 16.9. The second-order valence-corrected chi connectivity index (χ2v) is 4.78. The highest BCUT2D eigenvalue weighted by atomic mass is 16.5. The quantitative estimate of drug-likeness (QED) is 0.731. The predicted molar refractivity (Wildman–Crippen MR) is 61.6 cm³/mol. The van der Waals surface area contributed by atoms with Gasteiger partial charge in [0.05, 0.1) is 32.0 Å². The fourth-order valence-electron chi connectivity index (χ4n) is 2.36. The Kier molecular flexibility index (Phi) is 5.03. The number of hydrogen-bond acceptors (Lipinski definition) is 4. The van der Waals surface area contributed by atoms with Crippen LogP contribution in [0.1, 0.15) is 19.3 Å². The van der Waals surface area contributed by atoms with Crippen LogP contribution in [0.5, 0.6) is 0 Å². The Labute approximate surface area is 97.6 Å². The van der Waals surface area contributed by atoms with Crippen LogP contribution >= 0.6 is 0 Å².